The van der Waals surface area contributed by atoms with Gasteiger partial charge in [0.05, 0.1) is 0 Å². The van der Waals surface area contributed by atoms with Crippen LogP contribution in [0.5, 0.6) is 5.75 Å². The Balaban J connectivity index is 1.49. The molecule has 2 aliphatic rings. The number of halogens is 3. The molecule has 1 aliphatic carbocycles. The number of hydrogen-bond acceptors (Lipinski definition) is 5. The fourth-order valence-corrected chi connectivity index (χ4v) is 4.32. The van der Waals surface area contributed by atoms with Gasteiger partial charge in [-0.05, 0) is 35.6 Å². The fraction of sp³-hybridized carbons (Fsp3) is 0.292. The molecule has 33 heavy (non-hydrogen) atoms. The lowest BCUT2D eigenvalue weighted by atomic mass is 9.81. The van der Waals surface area contributed by atoms with Crippen molar-refractivity contribution in [2.75, 3.05) is 5.32 Å². The minimum absolute atomic E-state index is 0.0163. The van der Waals surface area contributed by atoms with E-state index in [2.05, 4.69) is 15.4 Å². The number of ether oxygens (including phenoxy) is 1. The highest BCUT2D eigenvalue weighted by atomic mass is 19.4. The lowest BCUT2D eigenvalue weighted by Crippen LogP contribution is -2.33. The lowest BCUT2D eigenvalue weighted by molar-refractivity contribution is -0.145. The first kappa shape index (κ1) is 21.2. The Hall–Kier alpha value is -3.62. The third-order valence-corrected chi connectivity index (χ3v) is 5.82. The van der Waals surface area contributed by atoms with E-state index < -0.39 is 18.0 Å². The van der Waals surface area contributed by atoms with Crippen molar-refractivity contribution < 1.29 is 22.7 Å². The zero-order chi connectivity index (χ0) is 23.2. The monoisotopic (exact) mass is 454 g/mol. The Labute approximate surface area is 188 Å². The molecule has 0 amide bonds. The minimum atomic E-state index is -4.69. The Kier molecular flexibility index (Phi) is 5.19. The van der Waals surface area contributed by atoms with Crippen LogP contribution in [-0.4, -0.2) is 20.5 Å². The van der Waals surface area contributed by atoms with Gasteiger partial charge in [0.1, 0.15) is 18.4 Å². The molecule has 0 saturated carbocycles. The topological polar surface area (TPSA) is 69.0 Å². The molecule has 6 nitrogen and oxygen atoms in total. The van der Waals surface area contributed by atoms with Gasteiger partial charge >= 0.3 is 6.18 Å². The van der Waals surface area contributed by atoms with Crippen LogP contribution in [0.3, 0.4) is 0 Å². The van der Waals surface area contributed by atoms with Gasteiger partial charge in [0.25, 0.3) is 5.82 Å². The Morgan fingerprint density at radius 1 is 1.09 bits per heavy atom. The van der Waals surface area contributed by atoms with Gasteiger partial charge in [-0.2, -0.15) is 18.2 Å². The first-order chi connectivity index (χ1) is 15.8. The molecule has 170 valence electrons. The van der Waals surface area contributed by atoms with Crippen LogP contribution >= 0.6 is 0 Å². The van der Waals surface area contributed by atoms with E-state index in [-0.39, 0.29) is 17.6 Å². The third kappa shape index (κ3) is 4.10. The van der Waals surface area contributed by atoms with Gasteiger partial charge in [-0.25, -0.2) is 4.68 Å². The van der Waals surface area contributed by atoms with Crippen molar-refractivity contribution in [3.05, 3.63) is 82.8 Å². The number of Topliss-reactive ketones (excluding diaryl/α,β-unsaturated/α-hetero) is 1. The molecule has 0 saturated heterocycles. The summed E-state index contributed by atoms with van der Waals surface area (Å²) < 4.78 is 47.0. The van der Waals surface area contributed by atoms with Gasteiger partial charge in [-0.15, -0.1) is 5.10 Å². The molecule has 1 aliphatic heterocycles. The van der Waals surface area contributed by atoms with E-state index >= 15 is 0 Å². The van der Waals surface area contributed by atoms with Crippen LogP contribution in [0.1, 0.15) is 42.8 Å². The second-order valence-corrected chi connectivity index (χ2v) is 8.40. The fourth-order valence-electron chi connectivity index (χ4n) is 4.32. The van der Waals surface area contributed by atoms with E-state index in [9.17, 15) is 18.0 Å². The maximum absolute atomic E-state index is 13.3. The molecule has 2 atom stereocenters. The number of anilines is 1. The molecule has 1 aromatic heterocycles. The second-order valence-electron chi connectivity index (χ2n) is 8.40. The van der Waals surface area contributed by atoms with Crippen molar-refractivity contribution in [1.29, 1.82) is 0 Å². The molecule has 0 radical (unpaired) electrons. The predicted octanol–water partition coefficient (Wildman–Crippen LogP) is 5.14. The average molecular weight is 454 g/mol. The maximum atomic E-state index is 13.3. The standard InChI is InChI=1S/C24H21F3N4O2/c1-14-11-18-20(19(32)12-14)21(31-23(28-18)29-22(30-31)24(25,26)27)16-7-9-17(10-8-16)33-13-15-5-3-2-4-6-15/h2-10,14,21H,11-13H2,1H3,(H,28,29,30)/t14-,21+/m1/s1. The Morgan fingerprint density at radius 3 is 2.52 bits per heavy atom. The van der Waals surface area contributed by atoms with Crippen molar-refractivity contribution in [3.63, 3.8) is 0 Å². The summed E-state index contributed by atoms with van der Waals surface area (Å²) in [6.07, 6.45) is -3.79. The quantitative estimate of drug-likeness (QED) is 0.591. The van der Waals surface area contributed by atoms with Gasteiger partial charge in [-0.3, -0.25) is 4.79 Å². The van der Waals surface area contributed by atoms with Crippen molar-refractivity contribution in [2.24, 2.45) is 5.92 Å². The molecule has 0 fully saturated rings. The smallest absolute Gasteiger partial charge is 0.453 e. The molecule has 0 unspecified atom stereocenters. The van der Waals surface area contributed by atoms with Crippen LogP contribution in [0.4, 0.5) is 19.1 Å². The maximum Gasteiger partial charge on any atom is 0.453 e. The van der Waals surface area contributed by atoms with E-state index in [1.165, 1.54) is 0 Å². The normalized spacial score (nSPS) is 20.2. The highest BCUT2D eigenvalue weighted by Gasteiger charge is 2.42. The van der Waals surface area contributed by atoms with E-state index in [0.29, 0.717) is 42.0 Å². The highest BCUT2D eigenvalue weighted by molar-refractivity contribution is 5.99. The van der Waals surface area contributed by atoms with Crippen molar-refractivity contribution in [3.8, 4) is 5.75 Å². The zero-order valence-corrected chi connectivity index (χ0v) is 17.8. The summed E-state index contributed by atoms with van der Waals surface area (Å²) in [7, 11) is 0. The third-order valence-electron chi connectivity index (χ3n) is 5.82. The van der Waals surface area contributed by atoms with Crippen LogP contribution in [-0.2, 0) is 17.6 Å². The van der Waals surface area contributed by atoms with E-state index in [1.807, 2.05) is 37.3 Å². The van der Waals surface area contributed by atoms with E-state index in [1.54, 1.807) is 24.3 Å². The van der Waals surface area contributed by atoms with Crippen LogP contribution in [0.15, 0.2) is 65.9 Å². The molecule has 2 aromatic carbocycles. The van der Waals surface area contributed by atoms with Gasteiger partial charge < -0.3 is 10.1 Å². The molecular formula is C24H21F3N4O2. The summed E-state index contributed by atoms with van der Waals surface area (Å²) in [5, 5.41) is 6.65. The van der Waals surface area contributed by atoms with Crippen LogP contribution in [0.25, 0.3) is 0 Å². The number of fused-ring (bicyclic) bond motifs is 1. The summed E-state index contributed by atoms with van der Waals surface area (Å²) in [5.41, 5.74) is 2.71. The molecule has 0 spiro atoms. The summed E-state index contributed by atoms with van der Waals surface area (Å²) in [6, 6.07) is 15.9. The number of aromatic nitrogens is 3. The number of rotatable bonds is 4. The first-order valence-corrected chi connectivity index (χ1v) is 10.6. The molecule has 9 heteroatoms. The summed E-state index contributed by atoms with van der Waals surface area (Å²) in [5.74, 6) is -0.644. The largest absolute Gasteiger partial charge is 0.489 e. The number of nitrogens with zero attached hydrogens (tertiary/aromatic N) is 3. The Bertz CT molecular complexity index is 1220. The number of carbonyl (C=O) groups excluding carboxylic acids is 1. The molecule has 5 rings (SSSR count). The van der Waals surface area contributed by atoms with Crippen molar-refractivity contribution >= 4 is 11.7 Å². The molecule has 1 N–H and O–H groups in total. The predicted molar refractivity (Wildman–Crippen MR) is 114 cm³/mol. The SMILES string of the molecule is C[C@H]1CC(=O)C2=C(C1)Nc1nc(C(F)(F)F)nn1[C@H]2c1ccc(OCc2ccccc2)cc1. The summed E-state index contributed by atoms with van der Waals surface area (Å²) in [6.45, 7) is 2.33. The molecule has 0 bridgehead atoms. The molecule has 2 heterocycles. The zero-order valence-electron chi connectivity index (χ0n) is 17.8. The first-order valence-electron chi connectivity index (χ1n) is 10.6. The summed E-state index contributed by atoms with van der Waals surface area (Å²) in [4.78, 5) is 16.6. The van der Waals surface area contributed by atoms with Gasteiger partial charge in [0, 0.05) is 17.7 Å². The number of nitrogens with one attached hydrogen (secondary N) is 1. The second kappa shape index (κ2) is 8.06. The minimum Gasteiger partial charge on any atom is -0.489 e. The number of hydrogen-bond donors (Lipinski definition) is 1. The number of allylic oxidation sites excluding steroid dienone is 2. The highest BCUT2D eigenvalue weighted by Crippen LogP contribution is 2.42. The van der Waals surface area contributed by atoms with Crippen LogP contribution in [0, 0.1) is 5.92 Å². The number of carbonyl (C=O) groups is 1. The van der Waals surface area contributed by atoms with Gasteiger partial charge in [-0.1, -0.05) is 49.4 Å². The number of benzene rings is 2. The molecular weight excluding hydrogens is 433 g/mol. The number of ketones is 1. The van der Waals surface area contributed by atoms with Gasteiger partial charge in [0.15, 0.2) is 5.78 Å². The number of alkyl halides is 3. The Morgan fingerprint density at radius 2 is 1.82 bits per heavy atom. The molecule has 3 aromatic rings. The van der Waals surface area contributed by atoms with Crippen LogP contribution < -0.4 is 10.1 Å². The van der Waals surface area contributed by atoms with E-state index in [4.69, 9.17) is 4.74 Å². The van der Waals surface area contributed by atoms with Gasteiger partial charge in [0.2, 0.25) is 5.95 Å². The van der Waals surface area contributed by atoms with E-state index in [0.717, 1.165) is 10.2 Å². The average Bonchev–Trinajstić information content (AvgIpc) is 3.22. The lowest BCUT2D eigenvalue weighted by Gasteiger charge is -2.34. The summed E-state index contributed by atoms with van der Waals surface area (Å²) >= 11 is 0. The van der Waals surface area contributed by atoms with Crippen molar-refractivity contribution in [1.82, 2.24) is 14.8 Å². The van der Waals surface area contributed by atoms with Crippen LogP contribution in [0.2, 0.25) is 0 Å². The van der Waals surface area contributed by atoms with Crippen molar-refractivity contribution in [2.45, 2.75) is 38.6 Å².